The molecule has 136 valence electrons. The highest BCUT2D eigenvalue weighted by atomic mass is 16.2. The van der Waals surface area contributed by atoms with E-state index in [0.29, 0.717) is 13.1 Å². The van der Waals surface area contributed by atoms with Gasteiger partial charge in [-0.25, -0.2) is 0 Å². The Morgan fingerprint density at radius 3 is 2.68 bits per heavy atom. The topological polar surface area (TPSA) is 65.2 Å². The predicted molar refractivity (Wildman–Crippen MR) is 101 cm³/mol. The van der Waals surface area contributed by atoms with E-state index in [4.69, 9.17) is 0 Å². The van der Waals surface area contributed by atoms with Crippen LogP contribution in [0.4, 0.5) is 0 Å². The van der Waals surface area contributed by atoms with Crippen LogP contribution in [0.25, 0.3) is 10.9 Å². The van der Waals surface area contributed by atoms with Gasteiger partial charge in [-0.3, -0.25) is 9.59 Å². The molecular formula is C20H29N3O2. The van der Waals surface area contributed by atoms with Gasteiger partial charge in [0.25, 0.3) is 0 Å². The van der Waals surface area contributed by atoms with Crippen molar-refractivity contribution in [3.8, 4) is 0 Å². The molecule has 1 aromatic heterocycles. The molecule has 5 nitrogen and oxygen atoms in total. The van der Waals surface area contributed by atoms with Crippen LogP contribution in [0.1, 0.15) is 39.2 Å². The first-order chi connectivity index (χ1) is 11.9. The molecule has 2 N–H and O–H groups in total. The molecule has 0 bridgehead atoms. The molecule has 0 aliphatic heterocycles. The van der Waals surface area contributed by atoms with Gasteiger partial charge < -0.3 is 15.2 Å². The van der Waals surface area contributed by atoms with Gasteiger partial charge in [-0.05, 0) is 38.3 Å². The van der Waals surface area contributed by atoms with E-state index in [9.17, 15) is 9.59 Å². The molecule has 1 heterocycles. The summed E-state index contributed by atoms with van der Waals surface area (Å²) in [5.74, 6) is -0.355. The number of nitrogens with one attached hydrogen (secondary N) is 2. The molecule has 0 radical (unpaired) electrons. The van der Waals surface area contributed by atoms with Crippen LogP contribution in [0.5, 0.6) is 0 Å². The third-order valence-electron chi connectivity index (χ3n) is 4.65. The fourth-order valence-electron chi connectivity index (χ4n) is 2.94. The van der Waals surface area contributed by atoms with Crippen LogP contribution in [0.2, 0.25) is 0 Å². The summed E-state index contributed by atoms with van der Waals surface area (Å²) >= 11 is 0. The predicted octanol–water partition coefficient (Wildman–Crippen LogP) is 3.11. The van der Waals surface area contributed by atoms with Crippen LogP contribution in [-0.4, -0.2) is 41.8 Å². The number of amides is 2. The lowest BCUT2D eigenvalue weighted by molar-refractivity contribution is -0.147. The Bertz CT molecular complexity index is 733. The minimum Gasteiger partial charge on any atom is -0.361 e. The maximum atomic E-state index is 12.5. The molecule has 2 rings (SSSR count). The number of nitrogens with zero attached hydrogens (tertiary/aromatic N) is 1. The molecule has 0 unspecified atom stereocenters. The quantitative estimate of drug-likeness (QED) is 0.723. The van der Waals surface area contributed by atoms with E-state index in [-0.39, 0.29) is 11.8 Å². The van der Waals surface area contributed by atoms with Crippen molar-refractivity contribution in [2.45, 2.75) is 40.0 Å². The number of para-hydroxylation sites is 1. The SMILES string of the molecule is CCCCN(C)C(=O)C(C)(C)C(=O)NCCc1c[nH]c2ccccc12. The minimum absolute atomic E-state index is 0.134. The summed E-state index contributed by atoms with van der Waals surface area (Å²) in [5.41, 5.74) is 1.21. The second-order valence-corrected chi connectivity index (χ2v) is 7.07. The highest BCUT2D eigenvalue weighted by molar-refractivity contribution is 6.04. The number of hydrogen-bond acceptors (Lipinski definition) is 2. The molecule has 0 saturated heterocycles. The van der Waals surface area contributed by atoms with E-state index in [1.165, 1.54) is 10.9 Å². The summed E-state index contributed by atoms with van der Waals surface area (Å²) in [7, 11) is 1.76. The summed E-state index contributed by atoms with van der Waals surface area (Å²) in [5, 5.41) is 4.09. The molecule has 1 aromatic carbocycles. The van der Waals surface area contributed by atoms with Crippen molar-refractivity contribution in [1.82, 2.24) is 15.2 Å². The second-order valence-electron chi connectivity index (χ2n) is 7.07. The molecule has 0 fully saturated rings. The van der Waals surface area contributed by atoms with Crippen molar-refractivity contribution in [2.24, 2.45) is 5.41 Å². The molecule has 0 spiro atoms. The van der Waals surface area contributed by atoms with Crippen LogP contribution in [0.3, 0.4) is 0 Å². The van der Waals surface area contributed by atoms with Crippen LogP contribution in [-0.2, 0) is 16.0 Å². The normalized spacial score (nSPS) is 11.5. The Labute approximate surface area is 149 Å². The van der Waals surface area contributed by atoms with Gasteiger partial charge in [0, 0.05) is 37.2 Å². The van der Waals surface area contributed by atoms with Gasteiger partial charge in [-0.15, -0.1) is 0 Å². The fraction of sp³-hybridized carbons (Fsp3) is 0.500. The van der Waals surface area contributed by atoms with Crippen molar-refractivity contribution in [1.29, 1.82) is 0 Å². The molecule has 2 amide bonds. The van der Waals surface area contributed by atoms with Crippen LogP contribution in [0, 0.1) is 5.41 Å². The molecule has 0 aliphatic rings. The number of unbranched alkanes of at least 4 members (excludes halogenated alkanes) is 1. The van der Waals surface area contributed by atoms with Gasteiger partial charge in [0.1, 0.15) is 5.41 Å². The molecular weight excluding hydrogens is 314 g/mol. The number of carbonyl (C=O) groups excluding carboxylic acids is 2. The van der Waals surface area contributed by atoms with Gasteiger partial charge in [0.05, 0.1) is 0 Å². The number of fused-ring (bicyclic) bond motifs is 1. The lowest BCUT2D eigenvalue weighted by atomic mass is 9.90. The average molecular weight is 343 g/mol. The van der Waals surface area contributed by atoms with Gasteiger partial charge in [-0.1, -0.05) is 31.5 Å². The Hall–Kier alpha value is -2.30. The standard InChI is InChI=1S/C20H29N3O2/c1-5-6-13-23(4)19(25)20(2,3)18(24)21-12-11-15-14-22-17-10-8-7-9-16(15)17/h7-10,14,22H,5-6,11-13H2,1-4H3,(H,21,24). The lowest BCUT2D eigenvalue weighted by Crippen LogP contribution is -2.49. The second kappa shape index (κ2) is 8.19. The van der Waals surface area contributed by atoms with Crippen molar-refractivity contribution in [3.63, 3.8) is 0 Å². The highest BCUT2D eigenvalue weighted by Crippen LogP contribution is 2.20. The van der Waals surface area contributed by atoms with Crippen molar-refractivity contribution < 1.29 is 9.59 Å². The first kappa shape index (κ1) is 19.0. The third kappa shape index (κ3) is 4.41. The number of H-pyrrole nitrogens is 1. The zero-order chi connectivity index (χ0) is 18.4. The van der Waals surface area contributed by atoms with Crippen molar-refractivity contribution >= 4 is 22.7 Å². The molecule has 0 atom stereocenters. The monoisotopic (exact) mass is 343 g/mol. The summed E-state index contributed by atoms with van der Waals surface area (Å²) < 4.78 is 0. The Morgan fingerprint density at radius 2 is 1.96 bits per heavy atom. The van der Waals surface area contributed by atoms with E-state index >= 15 is 0 Å². The zero-order valence-corrected chi connectivity index (χ0v) is 15.7. The number of benzene rings is 1. The smallest absolute Gasteiger partial charge is 0.237 e. The van der Waals surface area contributed by atoms with Gasteiger partial charge in [-0.2, -0.15) is 0 Å². The van der Waals surface area contributed by atoms with Gasteiger partial charge >= 0.3 is 0 Å². The first-order valence-electron chi connectivity index (χ1n) is 8.96. The van der Waals surface area contributed by atoms with E-state index in [2.05, 4.69) is 23.3 Å². The highest BCUT2D eigenvalue weighted by Gasteiger charge is 2.37. The molecule has 0 aliphatic carbocycles. The minimum atomic E-state index is -1.05. The summed E-state index contributed by atoms with van der Waals surface area (Å²) in [6, 6.07) is 8.10. The first-order valence-corrected chi connectivity index (χ1v) is 8.96. The molecule has 25 heavy (non-hydrogen) atoms. The number of hydrogen-bond donors (Lipinski definition) is 2. The van der Waals surface area contributed by atoms with Crippen molar-refractivity contribution in [2.75, 3.05) is 20.1 Å². The molecule has 2 aromatic rings. The Morgan fingerprint density at radius 1 is 1.24 bits per heavy atom. The van der Waals surface area contributed by atoms with Crippen LogP contribution >= 0.6 is 0 Å². The number of carbonyl (C=O) groups is 2. The Balaban J connectivity index is 1.91. The molecule has 0 saturated carbocycles. The van der Waals surface area contributed by atoms with E-state index in [1.54, 1.807) is 25.8 Å². The van der Waals surface area contributed by atoms with Gasteiger partial charge in [0.15, 0.2) is 0 Å². The Kier molecular flexibility index (Phi) is 6.23. The summed E-state index contributed by atoms with van der Waals surface area (Å²) in [6.07, 6.45) is 4.67. The van der Waals surface area contributed by atoms with E-state index < -0.39 is 5.41 Å². The van der Waals surface area contributed by atoms with Crippen molar-refractivity contribution in [3.05, 3.63) is 36.0 Å². The van der Waals surface area contributed by atoms with E-state index in [1.807, 2.05) is 24.4 Å². The lowest BCUT2D eigenvalue weighted by Gasteiger charge is -2.28. The van der Waals surface area contributed by atoms with Gasteiger partial charge in [0.2, 0.25) is 11.8 Å². The average Bonchev–Trinajstić information content (AvgIpc) is 3.02. The number of rotatable bonds is 8. The summed E-state index contributed by atoms with van der Waals surface area (Å²) in [6.45, 7) is 6.66. The zero-order valence-electron chi connectivity index (χ0n) is 15.7. The largest absolute Gasteiger partial charge is 0.361 e. The number of aromatic amines is 1. The van der Waals surface area contributed by atoms with E-state index in [0.717, 1.165) is 24.8 Å². The van der Waals surface area contributed by atoms with Crippen LogP contribution in [0.15, 0.2) is 30.5 Å². The molecule has 5 heteroatoms. The van der Waals surface area contributed by atoms with Crippen LogP contribution < -0.4 is 5.32 Å². The maximum absolute atomic E-state index is 12.5. The fourth-order valence-corrected chi connectivity index (χ4v) is 2.94. The maximum Gasteiger partial charge on any atom is 0.237 e. The summed E-state index contributed by atoms with van der Waals surface area (Å²) in [4.78, 5) is 29.9. The third-order valence-corrected chi connectivity index (χ3v) is 4.65. The number of aromatic nitrogens is 1.